The van der Waals surface area contributed by atoms with Crippen LogP contribution in [0.3, 0.4) is 0 Å². The Balaban J connectivity index is 1.47. The summed E-state index contributed by atoms with van der Waals surface area (Å²) in [6.45, 7) is 6.51. The molecule has 3 fully saturated rings. The molecule has 2 nitrogen and oxygen atoms in total. The lowest BCUT2D eigenvalue weighted by Crippen LogP contribution is -2.41. The van der Waals surface area contributed by atoms with Crippen LogP contribution in [0.5, 0.6) is 0 Å². The Kier molecular flexibility index (Phi) is 3.72. The van der Waals surface area contributed by atoms with E-state index in [0.29, 0.717) is 0 Å². The highest BCUT2D eigenvalue weighted by atomic mass is 15.2. The van der Waals surface area contributed by atoms with Gasteiger partial charge in [-0.05, 0) is 57.4 Å². The smallest absolute Gasteiger partial charge is 0.00819 e. The van der Waals surface area contributed by atoms with Gasteiger partial charge in [0, 0.05) is 25.2 Å². The molecule has 0 aromatic rings. The Hall–Kier alpha value is -0.0800. The van der Waals surface area contributed by atoms with Gasteiger partial charge in [0.1, 0.15) is 0 Å². The molecule has 1 N–H and O–H groups in total. The molecular formula is C15H28N2. The van der Waals surface area contributed by atoms with Gasteiger partial charge in [0.2, 0.25) is 0 Å². The van der Waals surface area contributed by atoms with Crippen molar-refractivity contribution in [3.63, 3.8) is 0 Å². The van der Waals surface area contributed by atoms with Gasteiger partial charge in [-0.15, -0.1) is 0 Å². The molecule has 1 aliphatic carbocycles. The minimum Gasteiger partial charge on any atom is -0.314 e. The summed E-state index contributed by atoms with van der Waals surface area (Å²) in [6.07, 6.45) is 10.1. The van der Waals surface area contributed by atoms with Gasteiger partial charge in [0.15, 0.2) is 0 Å². The van der Waals surface area contributed by atoms with E-state index < -0.39 is 0 Å². The van der Waals surface area contributed by atoms with Gasteiger partial charge in [-0.25, -0.2) is 0 Å². The average Bonchev–Trinajstić information content (AvgIpc) is 2.90. The topological polar surface area (TPSA) is 15.3 Å². The van der Waals surface area contributed by atoms with Crippen LogP contribution in [0.2, 0.25) is 0 Å². The summed E-state index contributed by atoms with van der Waals surface area (Å²) in [5.41, 5.74) is 0. The molecule has 2 heteroatoms. The zero-order valence-corrected chi connectivity index (χ0v) is 11.3. The number of fused-ring (bicyclic) bond motifs is 1. The van der Waals surface area contributed by atoms with Gasteiger partial charge in [0.05, 0.1) is 0 Å². The molecule has 0 bridgehead atoms. The maximum absolute atomic E-state index is 3.70. The van der Waals surface area contributed by atoms with Crippen LogP contribution in [0.15, 0.2) is 0 Å². The molecule has 17 heavy (non-hydrogen) atoms. The second-order valence-electron chi connectivity index (χ2n) is 6.64. The molecule has 2 saturated heterocycles. The van der Waals surface area contributed by atoms with Crippen LogP contribution >= 0.6 is 0 Å². The highest BCUT2D eigenvalue weighted by Crippen LogP contribution is 2.38. The van der Waals surface area contributed by atoms with E-state index in [0.717, 1.165) is 23.9 Å². The van der Waals surface area contributed by atoms with E-state index in [1.807, 2.05) is 0 Å². The maximum Gasteiger partial charge on any atom is 0.00819 e. The minimum absolute atomic E-state index is 0.802. The largest absolute Gasteiger partial charge is 0.314 e. The third-order valence-electron chi connectivity index (χ3n) is 5.42. The van der Waals surface area contributed by atoms with Crippen molar-refractivity contribution in [2.24, 2.45) is 11.8 Å². The standard InChI is InChI=1S/C15H28N2/c1-12(9-15-7-2-3-8-16-15)17-10-13-5-4-6-14(13)11-17/h12-16H,2-11H2,1H3. The van der Waals surface area contributed by atoms with Crippen LogP contribution in [-0.2, 0) is 0 Å². The number of nitrogens with zero attached hydrogens (tertiary/aromatic N) is 1. The molecule has 98 valence electrons. The summed E-state index contributed by atoms with van der Waals surface area (Å²) in [5, 5.41) is 3.70. The molecule has 2 heterocycles. The summed E-state index contributed by atoms with van der Waals surface area (Å²) >= 11 is 0. The third kappa shape index (κ3) is 2.68. The lowest BCUT2D eigenvalue weighted by molar-refractivity contribution is 0.203. The van der Waals surface area contributed by atoms with Crippen LogP contribution < -0.4 is 5.32 Å². The predicted molar refractivity (Wildman–Crippen MR) is 72.1 cm³/mol. The molecule has 0 amide bonds. The van der Waals surface area contributed by atoms with Crippen molar-refractivity contribution in [3.05, 3.63) is 0 Å². The van der Waals surface area contributed by atoms with Crippen LogP contribution in [0.25, 0.3) is 0 Å². The monoisotopic (exact) mass is 236 g/mol. The lowest BCUT2D eigenvalue weighted by atomic mass is 9.98. The first-order valence-electron chi connectivity index (χ1n) is 7.80. The Morgan fingerprint density at radius 3 is 2.47 bits per heavy atom. The lowest BCUT2D eigenvalue weighted by Gasteiger charge is -2.31. The van der Waals surface area contributed by atoms with Crippen molar-refractivity contribution < 1.29 is 0 Å². The highest BCUT2D eigenvalue weighted by Gasteiger charge is 2.37. The summed E-state index contributed by atoms with van der Waals surface area (Å²) in [7, 11) is 0. The van der Waals surface area contributed by atoms with E-state index in [4.69, 9.17) is 0 Å². The van der Waals surface area contributed by atoms with E-state index in [-0.39, 0.29) is 0 Å². The number of piperidine rings is 1. The number of hydrogen-bond donors (Lipinski definition) is 1. The molecule has 3 rings (SSSR count). The number of hydrogen-bond acceptors (Lipinski definition) is 2. The van der Waals surface area contributed by atoms with Crippen LogP contribution in [0, 0.1) is 11.8 Å². The Morgan fingerprint density at radius 2 is 1.82 bits per heavy atom. The third-order valence-corrected chi connectivity index (χ3v) is 5.42. The fourth-order valence-corrected chi connectivity index (χ4v) is 4.32. The second-order valence-corrected chi connectivity index (χ2v) is 6.64. The second kappa shape index (κ2) is 5.27. The van der Waals surface area contributed by atoms with Crippen molar-refractivity contribution >= 4 is 0 Å². The van der Waals surface area contributed by atoms with E-state index in [1.54, 1.807) is 0 Å². The molecule has 0 aromatic carbocycles. The van der Waals surface area contributed by atoms with Gasteiger partial charge < -0.3 is 10.2 Å². The summed E-state index contributed by atoms with van der Waals surface area (Å²) in [4.78, 5) is 2.78. The molecule has 2 aliphatic heterocycles. The van der Waals surface area contributed by atoms with Gasteiger partial charge in [-0.3, -0.25) is 0 Å². The molecule has 0 radical (unpaired) electrons. The number of likely N-dealkylation sites (tertiary alicyclic amines) is 1. The minimum atomic E-state index is 0.802. The first kappa shape index (κ1) is 12.0. The van der Waals surface area contributed by atoms with Crippen LogP contribution in [0.1, 0.15) is 51.9 Å². The van der Waals surface area contributed by atoms with E-state index in [2.05, 4.69) is 17.1 Å². The predicted octanol–water partition coefficient (Wildman–Crippen LogP) is 2.64. The fraction of sp³-hybridized carbons (Fsp3) is 1.00. The first-order chi connectivity index (χ1) is 8.33. The Morgan fingerprint density at radius 1 is 1.06 bits per heavy atom. The molecule has 1 saturated carbocycles. The zero-order valence-electron chi connectivity index (χ0n) is 11.3. The van der Waals surface area contributed by atoms with Gasteiger partial charge in [-0.1, -0.05) is 12.8 Å². The van der Waals surface area contributed by atoms with Gasteiger partial charge in [-0.2, -0.15) is 0 Å². The van der Waals surface area contributed by atoms with Gasteiger partial charge >= 0.3 is 0 Å². The quantitative estimate of drug-likeness (QED) is 0.810. The molecular weight excluding hydrogens is 208 g/mol. The zero-order chi connectivity index (χ0) is 11.7. The molecule has 0 aromatic heterocycles. The molecule has 3 aliphatic rings. The molecule has 4 unspecified atom stereocenters. The summed E-state index contributed by atoms with van der Waals surface area (Å²) in [5.74, 6) is 2.11. The van der Waals surface area contributed by atoms with Gasteiger partial charge in [0.25, 0.3) is 0 Å². The van der Waals surface area contributed by atoms with Crippen molar-refractivity contribution in [1.82, 2.24) is 10.2 Å². The number of rotatable bonds is 3. The van der Waals surface area contributed by atoms with Crippen molar-refractivity contribution in [1.29, 1.82) is 0 Å². The highest BCUT2D eigenvalue weighted by molar-refractivity contribution is 4.91. The maximum atomic E-state index is 3.70. The van der Waals surface area contributed by atoms with E-state index >= 15 is 0 Å². The Labute approximate surface area is 106 Å². The summed E-state index contributed by atoms with van der Waals surface area (Å²) < 4.78 is 0. The van der Waals surface area contributed by atoms with Crippen molar-refractivity contribution in [2.75, 3.05) is 19.6 Å². The van der Waals surface area contributed by atoms with Crippen molar-refractivity contribution in [2.45, 2.75) is 64.0 Å². The average molecular weight is 236 g/mol. The Bertz CT molecular complexity index is 235. The molecule has 4 atom stereocenters. The van der Waals surface area contributed by atoms with E-state index in [9.17, 15) is 0 Å². The fourth-order valence-electron chi connectivity index (χ4n) is 4.32. The van der Waals surface area contributed by atoms with Crippen LogP contribution in [-0.4, -0.2) is 36.6 Å². The summed E-state index contributed by atoms with van der Waals surface area (Å²) in [6, 6.07) is 1.61. The number of nitrogens with one attached hydrogen (secondary N) is 1. The first-order valence-corrected chi connectivity index (χ1v) is 7.80. The normalized spacial score (nSPS) is 40.4. The van der Waals surface area contributed by atoms with Crippen LogP contribution in [0.4, 0.5) is 0 Å². The SMILES string of the molecule is CC(CC1CCCCN1)N1CC2CCCC2C1. The molecule has 0 spiro atoms. The van der Waals surface area contributed by atoms with Crippen molar-refractivity contribution in [3.8, 4) is 0 Å². The van der Waals surface area contributed by atoms with E-state index in [1.165, 1.54) is 64.6 Å².